The molecule has 1 fully saturated rings. The molecule has 2 amide bonds. The van der Waals surface area contributed by atoms with Crippen molar-refractivity contribution in [2.45, 2.75) is 6.54 Å². The van der Waals surface area contributed by atoms with Gasteiger partial charge in [-0.05, 0) is 42.0 Å². The van der Waals surface area contributed by atoms with Gasteiger partial charge in [-0.2, -0.15) is 0 Å². The molecule has 4 rings (SSSR count). The fraction of sp³-hybridized carbons (Fsp3) is 0.217. The summed E-state index contributed by atoms with van der Waals surface area (Å²) in [5.41, 5.74) is 1.24. The second-order valence-corrected chi connectivity index (χ2v) is 7.08. The van der Waals surface area contributed by atoms with Crippen LogP contribution in [-0.4, -0.2) is 47.0 Å². The molecule has 1 aliphatic rings. The van der Waals surface area contributed by atoms with Crippen molar-refractivity contribution in [1.82, 2.24) is 14.8 Å². The highest BCUT2D eigenvalue weighted by atomic mass is 19.1. The van der Waals surface area contributed by atoms with Crippen LogP contribution in [0.1, 0.15) is 5.56 Å². The molecule has 154 valence electrons. The molecule has 0 aliphatic carbocycles. The van der Waals surface area contributed by atoms with E-state index < -0.39 is 5.82 Å². The number of pyridine rings is 1. The van der Waals surface area contributed by atoms with E-state index in [1.165, 1.54) is 11.6 Å². The average Bonchev–Trinajstić information content (AvgIpc) is 2.78. The van der Waals surface area contributed by atoms with Gasteiger partial charge in [0, 0.05) is 45.1 Å². The highest BCUT2D eigenvalue weighted by molar-refractivity contribution is 5.91. The van der Waals surface area contributed by atoms with Gasteiger partial charge in [0.15, 0.2) is 11.6 Å². The lowest BCUT2D eigenvalue weighted by molar-refractivity contribution is 0.143. The Bertz CT molecular complexity index is 977. The van der Waals surface area contributed by atoms with Crippen LogP contribution in [0.2, 0.25) is 0 Å². The van der Waals surface area contributed by atoms with E-state index >= 15 is 0 Å². The molecule has 3 aromatic rings. The summed E-state index contributed by atoms with van der Waals surface area (Å²) in [6.45, 7) is 3.46. The molecule has 2 aromatic carbocycles. The quantitative estimate of drug-likeness (QED) is 0.684. The predicted octanol–water partition coefficient (Wildman–Crippen LogP) is 4.36. The van der Waals surface area contributed by atoms with E-state index in [1.807, 2.05) is 30.3 Å². The number of benzene rings is 2. The maximum absolute atomic E-state index is 14.5. The molecule has 6 nitrogen and oxygen atoms in total. The number of nitrogens with zero attached hydrogens (tertiary/aromatic N) is 3. The number of amides is 2. The van der Waals surface area contributed by atoms with Crippen LogP contribution in [0.4, 0.5) is 14.9 Å². The van der Waals surface area contributed by atoms with Gasteiger partial charge in [-0.3, -0.25) is 9.88 Å². The van der Waals surface area contributed by atoms with Gasteiger partial charge >= 0.3 is 6.03 Å². The van der Waals surface area contributed by atoms with Crippen LogP contribution >= 0.6 is 0 Å². The van der Waals surface area contributed by atoms with Crippen molar-refractivity contribution >= 4 is 11.7 Å². The van der Waals surface area contributed by atoms with Gasteiger partial charge in [-0.1, -0.05) is 24.3 Å². The third kappa shape index (κ3) is 4.93. The average molecular weight is 406 g/mol. The normalized spacial score (nSPS) is 14.4. The summed E-state index contributed by atoms with van der Waals surface area (Å²) in [4.78, 5) is 20.8. The maximum atomic E-state index is 14.5. The topological polar surface area (TPSA) is 57.7 Å². The number of urea groups is 1. The molecule has 1 aliphatic heterocycles. The molecule has 0 spiro atoms. The van der Waals surface area contributed by atoms with Crippen LogP contribution < -0.4 is 10.1 Å². The molecule has 1 N–H and O–H groups in total. The number of para-hydroxylation sites is 2. The van der Waals surface area contributed by atoms with Crippen LogP contribution in [0.5, 0.6) is 11.5 Å². The molecule has 0 unspecified atom stereocenters. The number of nitrogens with one attached hydrogen (secondary N) is 1. The molecule has 0 radical (unpaired) electrons. The number of rotatable bonds is 5. The Morgan fingerprint density at radius 1 is 0.967 bits per heavy atom. The fourth-order valence-corrected chi connectivity index (χ4v) is 3.37. The predicted molar refractivity (Wildman–Crippen MR) is 113 cm³/mol. The van der Waals surface area contributed by atoms with E-state index in [0.29, 0.717) is 18.8 Å². The van der Waals surface area contributed by atoms with Gasteiger partial charge in [0.1, 0.15) is 11.4 Å². The third-order valence-corrected chi connectivity index (χ3v) is 4.99. The van der Waals surface area contributed by atoms with Crippen molar-refractivity contribution in [2.24, 2.45) is 0 Å². The summed E-state index contributed by atoms with van der Waals surface area (Å²) in [6.07, 6.45) is 3.56. The number of ether oxygens (including phenoxy) is 1. The van der Waals surface area contributed by atoms with Gasteiger partial charge < -0.3 is 15.0 Å². The first-order valence-corrected chi connectivity index (χ1v) is 9.87. The third-order valence-electron chi connectivity index (χ3n) is 4.99. The first-order valence-electron chi connectivity index (χ1n) is 9.87. The molecule has 0 bridgehead atoms. The van der Waals surface area contributed by atoms with Crippen molar-refractivity contribution in [3.8, 4) is 11.5 Å². The smallest absolute Gasteiger partial charge is 0.322 e. The van der Waals surface area contributed by atoms with E-state index in [2.05, 4.69) is 15.2 Å². The van der Waals surface area contributed by atoms with Crippen LogP contribution in [0.25, 0.3) is 0 Å². The zero-order valence-corrected chi connectivity index (χ0v) is 16.5. The van der Waals surface area contributed by atoms with Crippen molar-refractivity contribution in [1.29, 1.82) is 0 Å². The number of hydrogen-bond acceptors (Lipinski definition) is 4. The Kier molecular flexibility index (Phi) is 6.20. The Labute approximate surface area is 174 Å². The zero-order chi connectivity index (χ0) is 20.8. The van der Waals surface area contributed by atoms with Crippen molar-refractivity contribution < 1.29 is 13.9 Å². The minimum absolute atomic E-state index is 0.0468. The summed E-state index contributed by atoms with van der Waals surface area (Å²) in [5, 5.41) is 2.69. The molecular weight excluding hydrogens is 383 g/mol. The van der Waals surface area contributed by atoms with E-state index in [-0.39, 0.29) is 17.5 Å². The summed E-state index contributed by atoms with van der Waals surface area (Å²) in [5.74, 6) is 0.308. The van der Waals surface area contributed by atoms with E-state index in [1.54, 1.807) is 41.6 Å². The van der Waals surface area contributed by atoms with Crippen molar-refractivity contribution in [3.63, 3.8) is 0 Å². The highest BCUT2D eigenvalue weighted by Gasteiger charge is 2.23. The highest BCUT2D eigenvalue weighted by Crippen LogP contribution is 2.32. The van der Waals surface area contributed by atoms with Crippen molar-refractivity contribution in [3.05, 3.63) is 84.4 Å². The Morgan fingerprint density at radius 2 is 1.70 bits per heavy atom. The number of hydrogen-bond donors (Lipinski definition) is 1. The number of aromatic nitrogens is 1. The second-order valence-electron chi connectivity index (χ2n) is 7.08. The van der Waals surface area contributed by atoms with Crippen LogP contribution in [0.15, 0.2) is 73.1 Å². The lowest BCUT2D eigenvalue weighted by atomic mass is 10.2. The molecule has 7 heteroatoms. The number of piperazine rings is 1. The summed E-state index contributed by atoms with van der Waals surface area (Å²) < 4.78 is 20.2. The Balaban J connectivity index is 1.37. The van der Waals surface area contributed by atoms with Crippen LogP contribution in [-0.2, 0) is 6.54 Å². The van der Waals surface area contributed by atoms with Gasteiger partial charge in [0.05, 0.1) is 0 Å². The molecule has 0 atom stereocenters. The number of halogens is 1. The van der Waals surface area contributed by atoms with E-state index in [0.717, 1.165) is 19.6 Å². The SMILES string of the molecule is O=C(Nc1c(F)cccc1Oc1ccccc1)N1CCN(Cc2ccncc2)CC1. The first-order chi connectivity index (χ1) is 14.7. The Hall–Kier alpha value is -3.45. The monoisotopic (exact) mass is 406 g/mol. The van der Waals surface area contributed by atoms with Crippen molar-refractivity contribution in [2.75, 3.05) is 31.5 Å². The van der Waals surface area contributed by atoms with Gasteiger partial charge in [-0.15, -0.1) is 0 Å². The van der Waals surface area contributed by atoms with Crippen LogP contribution in [0.3, 0.4) is 0 Å². The molecular formula is C23H23FN4O2. The lowest BCUT2D eigenvalue weighted by Gasteiger charge is -2.34. The number of anilines is 1. The minimum Gasteiger partial charge on any atom is -0.455 e. The second kappa shape index (κ2) is 9.37. The molecule has 1 saturated heterocycles. The zero-order valence-electron chi connectivity index (χ0n) is 16.5. The molecule has 2 heterocycles. The summed E-state index contributed by atoms with van der Waals surface area (Å²) in [7, 11) is 0. The standard InChI is InChI=1S/C23H23FN4O2/c24-20-7-4-8-21(30-19-5-2-1-3-6-19)22(20)26-23(29)28-15-13-27(14-16-28)17-18-9-11-25-12-10-18/h1-12H,13-17H2,(H,26,29). The molecule has 1 aromatic heterocycles. The largest absolute Gasteiger partial charge is 0.455 e. The van der Waals surface area contributed by atoms with Gasteiger partial charge in [-0.25, -0.2) is 9.18 Å². The number of carbonyl (C=O) groups excluding carboxylic acids is 1. The molecule has 0 saturated carbocycles. The van der Waals surface area contributed by atoms with Crippen LogP contribution in [0, 0.1) is 5.82 Å². The lowest BCUT2D eigenvalue weighted by Crippen LogP contribution is -2.49. The number of carbonyl (C=O) groups is 1. The molecule has 30 heavy (non-hydrogen) atoms. The van der Waals surface area contributed by atoms with E-state index in [4.69, 9.17) is 4.74 Å². The first kappa shape index (κ1) is 19.8. The minimum atomic E-state index is -0.534. The van der Waals surface area contributed by atoms with E-state index in [9.17, 15) is 9.18 Å². The maximum Gasteiger partial charge on any atom is 0.322 e. The van der Waals surface area contributed by atoms with Gasteiger partial charge in [0.25, 0.3) is 0 Å². The fourth-order valence-electron chi connectivity index (χ4n) is 3.37. The Morgan fingerprint density at radius 3 is 2.43 bits per heavy atom. The van der Waals surface area contributed by atoms with Gasteiger partial charge in [0.2, 0.25) is 0 Å². The summed E-state index contributed by atoms with van der Waals surface area (Å²) in [6, 6.07) is 17.2. The summed E-state index contributed by atoms with van der Waals surface area (Å²) >= 11 is 0.